The third-order valence-electron chi connectivity index (χ3n) is 5.95. The molecule has 0 amide bonds. The molecule has 2 rings (SSSR count). The normalized spacial score (nSPS) is 26.7. The van der Waals surface area contributed by atoms with Crippen molar-refractivity contribution in [3.63, 3.8) is 0 Å². The lowest BCUT2D eigenvalue weighted by molar-refractivity contribution is -0.396. The Bertz CT molecular complexity index is 686. The second-order valence-electron chi connectivity index (χ2n) is 7.13. The van der Waals surface area contributed by atoms with Crippen molar-refractivity contribution in [2.24, 2.45) is 0 Å². The molecule has 6 heteroatoms. The quantitative estimate of drug-likeness (QED) is 0.580. The fourth-order valence-corrected chi connectivity index (χ4v) is 3.79. The van der Waals surface area contributed by atoms with Crippen LogP contribution in [0.5, 0.6) is 0 Å². The van der Waals surface area contributed by atoms with Gasteiger partial charge in [0.15, 0.2) is 0 Å². The highest BCUT2D eigenvalue weighted by molar-refractivity contribution is 5.65. The fourth-order valence-electron chi connectivity index (χ4n) is 3.79. The molecule has 0 heterocycles. The molecule has 0 aromatic heterocycles. The standard InChI is InChI=1S/C17H24N2O4/c1-6-16(4)8-9-17(5,7-2)14-12(16)10-13(18(20)21)11(3)15(14)19(22)23/h10H,6-9H2,1-5H3/t16-,17-/m1/s1. The monoisotopic (exact) mass is 320 g/mol. The Hall–Kier alpha value is -1.98. The van der Waals surface area contributed by atoms with Crippen LogP contribution in [0.4, 0.5) is 11.4 Å². The highest BCUT2D eigenvalue weighted by Crippen LogP contribution is 2.54. The van der Waals surface area contributed by atoms with Crippen LogP contribution in [0.25, 0.3) is 0 Å². The van der Waals surface area contributed by atoms with Crippen molar-refractivity contribution in [2.75, 3.05) is 0 Å². The lowest BCUT2D eigenvalue weighted by Gasteiger charge is -2.44. The number of rotatable bonds is 4. The smallest absolute Gasteiger partial charge is 0.258 e. The van der Waals surface area contributed by atoms with E-state index in [1.807, 2.05) is 20.8 Å². The van der Waals surface area contributed by atoms with E-state index in [4.69, 9.17) is 0 Å². The maximum Gasteiger partial charge on any atom is 0.283 e. The Kier molecular flexibility index (Phi) is 4.22. The average Bonchev–Trinajstić information content (AvgIpc) is 2.50. The van der Waals surface area contributed by atoms with Gasteiger partial charge in [0.25, 0.3) is 11.4 Å². The number of nitrogens with zero attached hydrogens (tertiary/aromatic N) is 2. The lowest BCUT2D eigenvalue weighted by atomic mass is 9.59. The maximum atomic E-state index is 11.8. The van der Waals surface area contributed by atoms with Gasteiger partial charge in [-0.25, -0.2) is 0 Å². The van der Waals surface area contributed by atoms with Gasteiger partial charge in [-0.2, -0.15) is 0 Å². The van der Waals surface area contributed by atoms with Crippen molar-refractivity contribution in [3.8, 4) is 0 Å². The van der Waals surface area contributed by atoms with E-state index in [1.54, 1.807) is 6.07 Å². The Morgan fingerprint density at radius 3 is 2.00 bits per heavy atom. The molecule has 6 nitrogen and oxygen atoms in total. The van der Waals surface area contributed by atoms with Crippen LogP contribution in [0, 0.1) is 27.2 Å². The van der Waals surface area contributed by atoms with Gasteiger partial charge < -0.3 is 0 Å². The van der Waals surface area contributed by atoms with Crippen LogP contribution in [0.1, 0.15) is 70.1 Å². The van der Waals surface area contributed by atoms with E-state index < -0.39 is 9.85 Å². The molecule has 0 fully saturated rings. The zero-order valence-electron chi connectivity index (χ0n) is 14.4. The fraction of sp³-hybridized carbons (Fsp3) is 0.647. The van der Waals surface area contributed by atoms with E-state index in [-0.39, 0.29) is 27.8 Å². The Morgan fingerprint density at radius 1 is 1.04 bits per heavy atom. The number of fused-ring (bicyclic) bond motifs is 1. The summed E-state index contributed by atoms with van der Waals surface area (Å²) >= 11 is 0. The second-order valence-corrected chi connectivity index (χ2v) is 7.13. The minimum absolute atomic E-state index is 0.0575. The van der Waals surface area contributed by atoms with Crippen LogP contribution in [-0.4, -0.2) is 9.85 Å². The molecule has 0 bridgehead atoms. The molecule has 1 aromatic carbocycles. The summed E-state index contributed by atoms with van der Waals surface area (Å²) in [6, 6.07) is 1.59. The summed E-state index contributed by atoms with van der Waals surface area (Å²) in [6.45, 7) is 9.66. The number of benzene rings is 1. The Balaban J connectivity index is 2.98. The Labute approximate surface area is 136 Å². The van der Waals surface area contributed by atoms with Crippen LogP contribution in [0.15, 0.2) is 6.07 Å². The first-order valence-corrected chi connectivity index (χ1v) is 8.08. The molecule has 0 radical (unpaired) electrons. The predicted molar refractivity (Wildman–Crippen MR) is 89.0 cm³/mol. The van der Waals surface area contributed by atoms with Gasteiger partial charge in [-0.05, 0) is 49.0 Å². The SMILES string of the molecule is CC[C@]1(C)CC[C@@](C)(CC)c2c1cc([N+](=O)[O-])c(C)c2[N+](=O)[O-]. The van der Waals surface area contributed by atoms with Crippen LogP contribution >= 0.6 is 0 Å². The van der Waals surface area contributed by atoms with E-state index in [9.17, 15) is 20.2 Å². The largest absolute Gasteiger partial charge is 0.283 e. The number of nitro benzene ring substituents is 2. The average molecular weight is 320 g/mol. The van der Waals surface area contributed by atoms with Gasteiger partial charge in [-0.3, -0.25) is 20.2 Å². The van der Waals surface area contributed by atoms with Crippen LogP contribution in [0.2, 0.25) is 0 Å². The molecule has 1 aromatic rings. The zero-order chi connectivity index (χ0) is 17.6. The minimum atomic E-state index is -0.503. The summed E-state index contributed by atoms with van der Waals surface area (Å²) in [6.07, 6.45) is 3.33. The summed E-state index contributed by atoms with van der Waals surface area (Å²) in [5.41, 5.74) is 0.898. The van der Waals surface area contributed by atoms with Gasteiger partial charge >= 0.3 is 0 Å². The van der Waals surface area contributed by atoms with Gasteiger partial charge in [-0.1, -0.05) is 27.7 Å². The van der Waals surface area contributed by atoms with Crippen LogP contribution < -0.4 is 0 Å². The zero-order valence-corrected chi connectivity index (χ0v) is 14.4. The first kappa shape index (κ1) is 17.4. The lowest BCUT2D eigenvalue weighted by Crippen LogP contribution is -2.37. The third-order valence-corrected chi connectivity index (χ3v) is 5.95. The summed E-state index contributed by atoms with van der Waals surface area (Å²) < 4.78 is 0. The minimum Gasteiger partial charge on any atom is -0.258 e. The first-order chi connectivity index (χ1) is 10.6. The second kappa shape index (κ2) is 5.58. The van der Waals surface area contributed by atoms with Crippen molar-refractivity contribution in [1.29, 1.82) is 0 Å². The molecule has 2 atom stereocenters. The molecule has 1 aliphatic rings. The number of nitro groups is 2. The maximum absolute atomic E-state index is 11.8. The molecule has 23 heavy (non-hydrogen) atoms. The molecule has 0 spiro atoms. The molecule has 0 N–H and O–H groups in total. The van der Waals surface area contributed by atoms with Gasteiger partial charge in [0.1, 0.15) is 5.56 Å². The summed E-state index contributed by atoms with van der Waals surface area (Å²) in [7, 11) is 0. The third kappa shape index (κ3) is 2.50. The van der Waals surface area contributed by atoms with Crippen molar-refractivity contribution in [1.82, 2.24) is 0 Å². The predicted octanol–water partition coefficient (Wildman–Crippen LogP) is 4.94. The van der Waals surface area contributed by atoms with Gasteiger partial charge in [0.2, 0.25) is 0 Å². The number of hydrogen-bond donors (Lipinski definition) is 0. The molecule has 0 saturated heterocycles. The van der Waals surface area contributed by atoms with Crippen LogP contribution in [-0.2, 0) is 10.8 Å². The molecule has 126 valence electrons. The van der Waals surface area contributed by atoms with Gasteiger partial charge in [0.05, 0.1) is 9.85 Å². The summed E-state index contributed by atoms with van der Waals surface area (Å²) in [5.74, 6) is 0. The van der Waals surface area contributed by atoms with Crippen molar-refractivity contribution < 1.29 is 9.85 Å². The first-order valence-electron chi connectivity index (χ1n) is 8.08. The van der Waals surface area contributed by atoms with Gasteiger partial charge in [-0.15, -0.1) is 0 Å². The highest BCUT2D eigenvalue weighted by atomic mass is 16.6. The van der Waals surface area contributed by atoms with E-state index >= 15 is 0 Å². The topological polar surface area (TPSA) is 86.3 Å². The summed E-state index contributed by atoms with van der Waals surface area (Å²) in [5, 5.41) is 23.2. The highest BCUT2D eigenvalue weighted by Gasteiger charge is 2.47. The Morgan fingerprint density at radius 2 is 1.57 bits per heavy atom. The van der Waals surface area contributed by atoms with E-state index in [2.05, 4.69) is 6.92 Å². The van der Waals surface area contributed by atoms with E-state index in [1.165, 1.54) is 6.92 Å². The van der Waals surface area contributed by atoms with Gasteiger partial charge in [0, 0.05) is 11.6 Å². The molecular formula is C17H24N2O4. The molecule has 0 aliphatic heterocycles. The van der Waals surface area contributed by atoms with Crippen molar-refractivity contribution >= 4 is 11.4 Å². The molecule has 0 saturated carbocycles. The van der Waals surface area contributed by atoms with Crippen LogP contribution in [0.3, 0.4) is 0 Å². The van der Waals surface area contributed by atoms with E-state index in [0.717, 1.165) is 31.2 Å². The molecular weight excluding hydrogens is 296 g/mol. The molecule has 1 aliphatic carbocycles. The van der Waals surface area contributed by atoms with E-state index in [0.29, 0.717) is 5.56 Å². The van der Waals surface area contributed by atoms with Crippen molar-refractivity contribution in [2.45, 2.75) is 71.1 Å². The van der Waals surface area contributed by atoms with Crippen molar-refractivity contribution in [3.05, 3.63) is 43.0 Å². The number of hydrogen-bond acceptors (Lipinski definition) is 4. The molecule has 0 unspecified atom stereocenters. The summed E-state index contributed by atoms with van der Waals surface area (Å²) in [4.78, 5) is 22.2.